The van der Waals surface area contributed by atoms with Gasteiger partial charge in [0.2, 0.25) is 5.91 Å². The highest BCUT2D eigenvalue weighted by atomic mass is 16.4. The van der Waals surface area contributed by atoms with E-state index in [1.807, 2.05) is 0 Å². The fraction of sp³-hybridized carbons (Fsp3) is 0.667. The first-order valence-corrected chi connectivity index (χ1v) is 3.13. The zero-order valence-electron chi connectivity index (χ0n) is 6.37. The Labute approximate surface area is 64.0 Å². The average molecular weight is 161 g/mol. The van der Waals surface area contributed by atoms with Crippen LogP contribution in [0.15, 0.2) is 0 Å². The number of rotatable bonds is 3. The molecule has 0 fully saturated rings. The molecule has 5 heteroatoms. The molecule has 0 aromatic rings. The minimum Gasteiger partial charge on any atom is -0.480 e. The van der Waals surface area contributed by atoms with Gasteiger partial charge in [0.15, 0.2) is 6.04 Å². The van der Waals surface area contributed by atoms with Crippen LogP contribution in [0, 0.1) is 0 Å². The van der Waals surface area contributed by atoms with Crippen LogP contribution in [-0.4, -0.2) is 34.2 Å². The number of hydrogen-bond donors (Lipinski definition) is 3. The van der Waals surface area contributed by atoms with Gasteiger partial charge in [0.25, 0.3) is 0 Å². The average Bonchev–Trinajstić information content (AvgIpc) is 1.81. The van der Waals surface area contributed by atoms with Gasteiger partial charge in [-0.05, 0) is 6.92 Å². The van der Waals surface area contributed by atoms with Gasteiger partial charge < -0.3 is 15.5 Å². The number of carboxylic acids is 1. The predicted octanol–water partition coefficient (Wildman–Crippen LogP) is -1.04. The zero-order chi connectivity index (χ0) is 9.02. The van der Waals surface area contributed by atoms with Crippen molar-refractivity contribution < 1.29 is 19.8 Å². The molecule has 0 aliphatic heterocycles. The molecule has 5 nitrogen and oxygen atoms in total. The second-order valence-electron chi connectivity index (χ2n) is 2.26. The van der Waals surface area contributed by atoms with Gasteiger partial charge >= 0.3 is 5.97 Å². The van der Waals surface area contributed by atoms with E-state index in [2.05, 4.69) is 5.32 Å². The lowest BCUT2D eigenvalue weighted by Crippen LogP contribution is -2.46. The SMILES string of the molecule is CC(=O)NC(C(=O)O)[C@H](C)O. The molecule has 1 amide bonds. The minimum atomic E-state index is -1.24. The van der Waals surface area contributed by atoms with Gasteiger partial charge in [0.05, 0.1) is 6.10 Å². The van der Waals surface area contributed by atoms with Crippen LogP contribution in [0.25, 0.3) is 0 Å². The Kier molecular flexibility index (Phi) is 3.53. The molecule has 0 saturated heterocycles. The molecular formula is C6H11NO4. The maximum atomic E-state index is 10.4. The zero-order valence-corrected chi connectivity index (χ0v) is 6.37. The summed E-state index contributed by atoms with van der Waals surface area (Å²) in [7, 11) is 0. The van der Waals surface area contributed by atoms with E-state index in [1.165, 1.54) is 13.8 Å². The molecule has 2 atom stereocenters. The minimum absolute atomic E-state index is 0.474. The third kappa shape index (κ3) is 3.57. The lowest BCUT2D eigenvalue weighted by Gasteiger charge is -2.15. The van der Waals surface area contributed by atoms with Gasteiger partial charge in [-0.2, -0.15) is 0 Å². The summed E-state index contributed by atoms with van der Waals surface area (Å²) in [5, 5.41) is 19.3. The number of nitrogens with one attached hydrogen (secondary N) is 1. The van der Waals surface area contributed by atoms with Crippen molar-refractivity contribution in [2.75, 3.05) is 0 Å². The van der Waals surface area contributed by atoms with Crippen molar-refractivity contribution in [2.45, 2.75) is 26.0 Å². The Morgan fingerprint density at radius 3 is 2.00 bits per heavy atom. The molecule has 0 aliphatic rings. The molecule has 0 aromatic heterocycles. The van der Waals surface area contributed by atoms with Crippen molar-refractivity contribution in [3.05, 3.63) is 0 Å². The Morgan fingerprint density at radius 1 is 1.45 bits per heavy atom. The second-order valence-corrected chi connectivity index (χ2v) is 2.26. The molecule has 0 bridgehead atoms. The quantitative estimate of drug-likeness (QED) is 0.493. The van der Waals surface area contributed by atoms with Crippen LogP contribution in [0.3, 0.4) is 0 Å². The highest BCUT2D eigenvalue weighted by molar-refractivity contribution is 5.82. The predicted molar refractivity (Wildman–Crippen MR) is 36.9 cm³/mol. The summed E-state index contributed by atoms with van der Waals surface area (Å²) in [6.07, 6.45) is -1.09. The molecule has 0 spiro atoms. The molecule has 1 unspecified atom stereocenters. The first-order valence-electron chi connectivity index (χ1n) is 3.13. The molecule has 64 valence electrons. The van der Waals surface area contributed by atoms with Gasteiger partial charge in [0.1, 0.15) is 0 Å². The molecule has 0 radical (unpaired) electrons. The van der Waals surface area contributed by atoms with Crippen LogP contribution in [0.1, 0.15) is 13.8 Å². The largest absolute Gasteiger partial charge is 0.480 e. The van der Waals surface area contributed by atoms with E-state index in [9.17, 15) is 9.59 Å². The smallest absolute Gasteiger partial charge is 0.328 e. The lowest BCUT2D eigenvalue weighted by molar-refractivity contribution is -0.144. The fourth-order valence-corrected chi connectivity index (χ4v) is 0.608. The summed E-state index contributed by atoms with van der Waals surface area (Å²) >= 11 is 0. The molecule has 0 aliphatic carbocycles. The van der Waals surface area contributed by atoms with E-state index in [-0.39, 0.29) is 0 Å². The number of carbonyl (C=O) groups excluding carboxylic acids is 1. The Morgan fingerprint density at radius 2 is 1.91 bits per heavy atom. The molecule has 0 aromatic carbocycles. The summed E-state index contributed by atoms with van der Waals surface area (Å²) in [6, 6.07) is -1.22. The number of carbonyl (C=O) groups is 2. The third-order valence-electron chi connectivity index (χ3n) is 1.11. The number of aliphatic carboxylic acids is 1. The topological polar surface area (TPSA) is 86.6 Å². The van der Waals surface area contributed by atoms with E-state index < -0.39 is 24.0 Å². The maximum absolute atomic E-state index is 10.4. The fourth-order valence-electron chi connectivity index (χ4n) is 0.608. The standard InChI is InChI=1S/C6H11NO4/c1-3(8)5(6(10)11)7-4(2)9/h3,5,8H,1-2H3,(H,7,9)(H,10,11)/t3-,5?/m0/s1. The number of amides is 1. The highest BCUT2D eigenvalue weighted by Gasteiger charge is 2.23. The Balaban J connectivity index is 4.12. The second kappa shape index (κ2) is 3.92. The molecular weight excluding hydrogens is 150 g/mol. The van der Waals surface area contributed by atoms with Gasteiger partial charge in [0, 0.05) is 6.92 Å². The van der Waals surface area contributed by atoms with Crippen molar-refractivity contribution in [2.24, 2.45) is 0 Å². The molecule has 3 N–H and O–H groups in total. The van der Waals surface area contributed by atoms with Gasteiger partial charge in [-0.3, -0.25) is 4.79 Å². The first-order chi connectivity index (χ1) is 4.95. The number of hydrogen-bond acceptors (Lipinski definition) is 3. The Bertz CT molecular complexity index is 166. The molecule has 0 heterocycles. The monoisotopic (exact) mass is 161 g/mol. The van der Waals surface area contributed by atoms with Crippen molar-refractivity contribution in [3.8, 4) is 0 Å². The van der Waals surface area contributed by atoms with Gasteiger partial charge in [-0.25, -0.2) is 4.79 Å². The van der Waals surface area contributed by atoms with Crippen LogP contribution >= 0.6 is 0 Å². The van der Waals surface area contributed by atoms with Gasteiger partial charge in [-0.1, -0.05) is 0 Å². The highest BCUT2D eigenvalue weighted by Crippen LogP contribution is 1.91. The van der Waals surface area contributed by atoms with Crippen molar-refractivity contribution >= 4 is 11.9 Å². The number of aliphatic hydroxyl groups excluding tert-OH is 1. The van der Waals surface area contributed by atoms with E-state index in [4.69, 9.17) is 10.2 Å². The van der Waals surface area contributed by atoms with Crippen molar-refractivity contribution in [1.29, 1.82) is 0 Å². The van der Waals surface area contributed by atoms with Crippen molar-refractivity contribution in [3.63, 3.8) is 0 Å². The van der Waals surface area contributed by atoms with E-state index in [0.29, 0.717) is 0 Å². The normalized spacial score (nSPS) is 15.2. The van der Waals surface area contributed by atoms with E-state index in [0.717, 1.165) is 0 Å². The Hall–Kier alpha value is -1.10. The molecule has 0 rings (SSSR count). The van der Waals surface area contributed by atoms with Crippen LogP contribution in [0.4, 0.5) is 0 Å². The summed E-state index contributed by atoms with van der Waals surface area (Å²) in [5.41, 5.74) is 0. The molecule has 0 saturated carbocycles. The first kappa shape index (κ1) is 9.90. The van der Waals surface area contributed by atoms with E-state index >= 15 is 0 Å². The summed E-state index contributed by atoms with van der Waals surface area (Å²) in [6.45, 7) is 2.49. The summed E-state index contributed by atoms with van der Waals surface area (Å²) in [5.74, 6) is -1.71. The molecule has 11 heavy (non-hydrogen) atoms. The van der Waals surface area contributed by atoms with Crippen molar-refractivity contribution in [1.82, 2.24) is 5.32 Å². The number of carboxylic acid groups (broad SMARTS) is 1. The lowest BCUT2D eigenvalue weighted by atomic mass is 10.2. The number of aliphatic hydroxyl groups is 1. The van der Waals surface area contributed by atoms with Crippen LogP contribution < -0.4 is 5.32 Å². The maximum Gasteiger partial charge on any atom is 0.328 e. The summed E-state index contributed by atoms with van der Waals surface area (Å²) < 4.78 is 0. The van der Waals surface area contributed by atoms with Crippen LogP contribution in [0.2, 0.25) is 0 Å². The van der Waals surface area contributed by atoms with Gasteiger partial charge in [-0.15, -0.1) is 0 Å². The van der Waals surface area contributed by atoms with Crippen LogP contribution in [-0.2, 0) is 9.59 Å². The van der Waals surface area contributed by atoms with E-state index in [1.54, 1.807) is 0 Å². The summed E-state index contributed by atoms with van der Waals surface area (Å²) in [4.78, 5) is 20.7. The third-order valence-corrected chi connectivity index (χ3v) is 1.11. The van der Waals surface area contributed by atoms with Crippen LogP contribution in [0.5, 0.6) is 0 Å².